The number of nitrogens with one attached hydrogen (secondary N) is 1. The standard InChI is InChI=1S/C14H21N3O/c1-10-9-11(7-8-16-10)17-14(18)12-5-3-2-4-6-13(12)15/h7-9,12-13H,2-6,15H2,1H3,(H,16,17,18). The number of carbonyl (C=O) groups excluding carboxylic acids is 1. The van der Waals surface area contributed by atoms with Gasteiger partial charge < -0.3 is 11.1 Å². The molecular formula is C14H21N3O. The fourth-order valence-electron chi connectivity index (χ4n) is 2.52. The van der Waals surface area contributed by atoms with Gasteiger partial charge in [-0.25, -0.2) is 0 Å². The monoisotopic (exact) mass is 247 g/mol. The van der Waals surface area contributed by atoms with Crippen LogP contribution in [0.1, 0.15) is 37.8 Å². The van der Waals surface area contributed by atoms with Crippen molar-refractivity contribution in [1.82, 2.24) is 4.98 Å². The Morgan fingerprint density at radius 3 is 2.94 bits per heavy atom. The highest BCUT2D eigenvalue weighted by atomic mass is 16.1. The number of nitrogens with two attached hydrogens (primary N) is 1. The van der Waals surface area contributed by atoms with Gasteiger partial charge in [-0.3, -0.25) is 9.78 Å². The van der Waals surface area contributed by atoms with Gasteiger partial charge >= 0.3 is 0 Å². The van der Waals surface area contributed by atoms with Gasteiger partial charge in [0.15, 0.2) is 0 Å². The average molecular weight is 247 g/mol. The first-order valence-electron chi connectivity index (χ1n) is 6.66. The fraction of sp³-hybridized carbons (Fsp3) is 0.571. The van der Waals surface area contributed by atoms with E-state index in [2.05, 4.69) is 10.3 Å². The summed E-state index contributed by atoms with van der Waals surface area (Å²) in [6.45, 7) is 1.91. The Kier molecular flexibility index (Phi) is 4.31. The Morgan fingerprint density at radius 1 is 1.39 bits per heavy atom. The second-order valence-corrected chi connectivity index (χ2v) is 5.08. The number of hydrogen-bond donors (Lipinski definition) is 2. The van der Waals surface area contributed by atoms with Crippen molar-refractivity contribution < 1.29 is 4.79 Å². The van der Waals surface area contributed by atoms with Gasteiger partial charge in [0.1, 0.15) is 0 Å². The highest BCUT2D eigenvalue weighted by Crippen LogP contribution is 2.23. The van der Waals surface area contributed by atoms with Crippen LogP contribution in [0.4, 0.5) is 5.69 Å². The molecule has 0 bridgehead atoms. The summed E-state index contributed by atoms with van der Waals surface area (Å²) < 4.78 is 0. The first-order valence-corrected chi connectivity index (χ1v) is 6.66. The molecule has 0 aromatic carbocycles. The fourth-order valence-corrected chi connectivity index (χ4v) is 2.52. The molecule has 4 nitrogen and oxygen atoms in total. The van der Waals surface area contributed by atoms with Crippen molar-refractivity contribution in [1.29, 1.82) is 0 Å². The van der Waals surface area contributed by atoms with Crippen LogP contribution in [0.2, 0.25) is 0 Å². The van der Waals surface area contributed by atoms with Crippen molar-refractivity contribution in [3.8, 4) is 0 Å². The molecule has 1 fully saturated rings. The molecule has 2 rings (SSSR count). The van der Waals surface area contributed by atoms with E-state index in [1.807, 2.05) is 19.1 Å². The maximum Gasteiger partial charge on any atom is 0.229 e. The molecular weight excluding hydrogens is 226 g/mol. The first kappa shape index (κ1) is 13.0. The molecule has 18 heavy (non-hydrogen) atoms. The molecule has 4 heteroatoms. The molecule has 1 amide bonds. The molecule has 1 heterocycles. The lowest BCUT2D eigenvalue weighted by molar-refractivity contribution is -0.120. The van der Waals surface area contributed by atoms with Gasteiger partial charge in [0.2, 0.25) is 5.91 Å². The number of aromatic nitrogens is 1. The summed E-state index contributed by atoms with van der Waals surface area (Å²) in [5.41, 5.74) is 7.80. The first-order chi connectivity index (χ1) is 8.66. The molecule has 1 saturated carbocycles. The summed E-state index contributed by atoms with van der Waals surface area (Å²) >= 11 is 0. The van der Waals surface area contributed by atoms with Crippen LogP contribution in [-0.2, 0) is 4.79 Å². The quantitative estimate of drug-likeness (QED) is 0.787. The average Bonchev–Trinajstić information content (AvgIpc) is 2.54. The van der Waals surface area contributed by atoms with Crippen LogP contribution in [0.3, 0.4) is 0 Å². The Bertz CT molecular complexity index is 419. The minimum Gasteiger partial charge on any atom is -0.327 e. The van der Waals surface area contributed by atoms with Crippen LogP contribution >= 0.6 is 0 Å². The van der Waals surface area contributed by atoms with Crippen LogP contribution in [0.25, 0.3) is 0 Å². The van der Waals surface area contributed by atoms with Crippen molar-refractivity contribution in [2.24, 2.45) is 11.7 Å². The molecule has 1 aliphatic carbocycles. The summed E-state index contributed by atoms with van der Waals surface area (Å²) in [4.78, 5) is 16.3. The van der Waals surface area contributed by atoms with Crippen LogP contribution in [-0.4, -0.2) is 16.9 Å². The van der Waals surface area contributed by atoms with Gasteiger partial charge in [-0.1, -0.05) is 19.3 Å². The zero-order valence-electron chi connectivity index (χ0n) is 10.9. The van der Waals surface area contributed by atoms with E-state index in [1.54, 1.807) is 6.20 Å². The summed E-state index contributed by atoms with van der Waals surface area (Å²) in [6.07, 6.45) is 6.98. The zero-order chi connectivity index (χ0) is 13.0. The van der Waals surface area contributed by atoms with E-state index in [-0.39, 0.29) is 17.9 Å². The second kappa shape index (κ2) is 5.96. The normalized spacial score (nSPS) is 24.3. The lowest BCUT2D eigenvalue weighted by Gasteiger charge is -2.20. The van der Waals surface area contributed by atoms with Crippen LogP contribution in [0, 0.1) is 12.8 Å². The van der Waals surface area contributed by atoms with Gasteiger partial charge in [0.25, 0.3) is 0 Å². The van der Waals surface area contributed by atoms with Crippen molar-refractivity contribution in [2.75, 3.05) is 5.32 Å². The molecule has 1 aromatic rings. The topological polar surface area (TPSA) is 68.0 Å². The summed E-state index contributed by atoms with van der Waals surface area (Å²) in [5, 5.41) is 2.95. The Morgan fingerprint density at radius 2 is 2.17 bits per heavy atom. The highest BCUT2D eigenvalue weighted by molar-refractivity contribution is 5.93. The van der Waals surface area contributed by atoms with Gasteiger partial charge in [-0.05, 0) is 31.9 Å². The van der Waals surface area contributed by atoms with E-state index in [1.165, 1.54) is 6.42 Å². The lowest BCUT2D eigenvalue weighted by Crippen LogP contribution is -2.37. The second-order valence-electron chi connectivity index (χ2n) is 5.08. The van der Waals surface area contributed by atoms with Crippen molar-refractivity contribution in [2.45, 2.75) is 45.1 Å². The van der Waals surface area contributed by atoms with Crippen molar-refractivity contribution in [3.63, 3.8) is 0 Å². The molecule has 3 N–H and O–H groups in total. The third kappa shape index (κ3) is 3.29. The number of hydrogen-bond acceptors (Lipinski definition) is 3. The Balaban J connectivity index is 2.02. The molecule has 1 aromatic heterocycles. The Hall–Kier alpha value is -1.42. The molecule has 0 spiro atoms. The highest BCUT2D eigenvalue weighted by Gasteiger charge is 2.26. The number of pyridine rings is 1. The predicted octanol–water partition coefficient (Wildman–Crippen LogP) is 2.24. The van der Waals surface area contributed by atoms with E-state index in [4.69, 9.17) is 5.73 Å². The molecule has 2 atom stereocenters. The number of anilines is 1. The molecule has 2 unspecified atom stereocenters. The predicted molar refractivity (Wildman–Crippen MR) is 72.2 cm³/mol. The largest absolute Gasteiger partial charge is 0.327 e. The number of nitrogens with zero attached hydrogens (tertiary/aromatic N) is 1. The minimum absolute atomic E-state index is 0.00423. The SMILES string of the molecule is Cc1cc(NC(=O)C2CCCCCC2N)ccn1. The minimum atomic E-state index is -0.0547. The van der Waals surface area contributed by atoms with Gasteiger partial charge in [0, 0.05) is 23.6 Å². The lowest BCUT2D eigenvalue weighted by atomic mass is 9.94. The van der Waals surface area contributed by atoms with E-state index in [0.717, 1.165) is 37.1 Å². The zero-order valence-corrected chi connectivity index (χ0v) is 10.9. The summed E-state index contributed by atoms with van der Waals surface area (Å²) in [7, 11) is 0. The molecule has 0 saturated heterocycles. The summed E-state index contributed by atoms with van der Waals surface area (Å²) in [6, 6.07) is 3.68. The Labute approximate surface area is 108 Å². The number of carbonyl (C=O) groups is 1. The van der Waals surface area contributed by atoms with E-state index < -0.39 is 0 Å². The van der Waals surface area contributed by atoms with Crippen LogP contribution < -0.4 is 11.1 Å². The van der Waals surface area contributed by atoms with Gasteiger partial charge in [-0.15, -0.1) is 0 Å². The maximum absolute atomic E-state index is 12.2. The van der Waals surface area contributed by atoms with Crippen molar-refractivity contribution >= 4 is 11.6 Å². The van der Waals surface area contributed by atoms with Crippen LogP contribution in [0.5, 0.6) is 0 Å². The number of amides is 1. The van der Waals surface area contributed by atoms with E-state index in [9.17, 15) is 4.79 Å². The smallest absolute Gasteiger partial charge is 0.229 e. The van der Waals surface area contributed by atoms with Crippen molar-refractivity contribution in [3.05, 3.63) is 24.0 Å². The third-order valence-electron chi connectivity index (χ3n) is 3.57. The van der Waals surface area contributed by atoms with Crippen LogP contribution in [0.15, 0.2) is 18.3 Å². The van der Waals surface area contributed by atoms with E-state index >= 15 is 0 Å². The molecule has 1 aliphatic rings. The molecule has 0 radical (unpaired) electrons. The maximum atomic E-state index is 12.2. The van der Waals surface area contributed by atoms with E-state index in [0.29, 0.717) is 0 Å². The number of rotatable bonds is 2. The molecule has 98 valence electrons. The number of aryl methyl sites for hydroxylation is 1. The molecule has 0 aliphatic heterocycles. The third-order valence-corrected chi connectivity index (χ3v) is 3.57. The van der Waals surface area contributed by atoms with Gasteiger partial charge in [0.05, 0.1) is 5.92 Å². The summed E-state index contributed by atoms with van der Waals surface area (Å²) in [5.74, 6) is -0.00373. The van der Waals surface area contributed by atoms with Gasteiger partial charge in [-0.2, -0.15) is 0 Å².